The minimum absolute atomic E-state index is 0.0916. The van der Waals surface area contributed by atoms with Gasteiger partial charge in [0.25, 0.3) is 0 Å². The van der Waals surface area contributed by atoms with Gasteiger partial charge >= 0.3 is 6.29 Å². The SMILES string of the molecule is FC1(F)Oc2ccc(N3CCNCC3)cc2O1. The third-order valence-corrected chi connectivity index (χ3v) is 2.87. The minimum atomic E-state index is -3.54. The van der Waals surface area contributed by atoms with E-state index in [4.69, 9.17) is 0 Å². The molecule has 17 heavy (non-hydrogen) atoms. The number of anilines is 1. The Kier molecular flexibility index (Phi) is 2.32. The molecule has 0 radical (unpaired) electrons. The number of alkyl halides is 2. The molecular weight excluding hydrogens is 230 g/mol. The van der Waals surface area contributed by atoms with Crippen LogP contribution in [0.15, 0.2) is 18.2 Å². The molecule has 92 valence electrons. The molecule has 0 saturated carbocycles. The quantitative estimate of drug-likeness (QED) is 0.807. The van der Waals surface area contributed by atoms with E-state index < -0.39 is 6.29 Å². The number of halogens is 2. The van der Waals surface area contributed by atoms with Crippen LogP contribution in [0.25, 0.3) is 0 Å². The van der Waals surface area contributed by atoms with Crippen LogP contribution in [0.4, 0.5) is 14.5 Å². The molecule has 2 heterocycles. The van der Waals surface area contributed by atoms with Crippen LogP contribution in [-0.2, 0) is 0 Å². The highest BCUT2D eigenvalue weighted by Gasteiger charge is 2.43. The maximum Gasteiger partial charge on any atom is 0.586 e. The number of hydrogen-bond donors (Lipinski definition) is 1. The molecule has 1 saturated heterocycles. The number of rotatable bonds is 1. The molecule has 0 bridgehead atoms. The first-order valence-electron chi connectivity index (χ1n) is 5.50. The molecule has 1 aromatic rings. The molecule has 2 aliphatic heterocycles. The maximum atomic E-state index is 12.8. The van der Waals surface area contributed by atoms with Gasteiger partial charge < -0.3 is 19.7 Å². The zero-order chi connectivity index (χ0) is 11.9. The largest absolute Gasteiger partial charge is 0.586 e. The Labute approximate surface area is 97.1 Å². The summed E-state index contributed by atoms with van der Waals surface area (Å²) in [7, 11) is 0. The average molecular weight is 242 g/mol. The molecule has 0 amide bonds. The number of nitrogens with zero attached hydrogens (tertiary/aromatic N) is 1. The molecule has 3 rings (SSSR count). The molecule has 0 atom stereocenters. The van der Waals surface area contributed by atoms with Gasteiger partial charge in [-0.3, -0.25) is 0 Å². The van der Waals surface area contributed by atoms with E-state index in [0.29, 0.717) is 0 Å². The predicted octanol–water partition coefficient (Wildman–Crippen LogP) is 1.42. The smallest absolute Gasteiger partial charge is 0.395 e. The number of benzene rings is 1. The van der Waals surface area contributed by atoms with Crippen LogP contribution in [0.2, 0.25) is 0 Å². The van der Waals surface area contributed by atoms with Crippen molar-refractivity contribution in [2.75, 3.05) is 31.1 Å². The van der Waals surface area contributed by atoms with Crippen LogP contribution < -0.4 is 19.7 Å². The van der Waals surface area contributed by atoms with Gasteiger partial charge in [-0.1, -0.05) is 0 Å². The zero-order valence-corrected chi connectivity index (χ0v) is 9.08. The molecule has 1 fully saturated rings. The van der Waals surface area contributed by atoms with E-state index in [9.17, 15) is 8.78 Å². The van der Waals surface area contributed by atoms with Crippen LogP contribution in [-0.4, -0.2) is 32.5 Å². The van der Waals surface area contributed by atoms with E-state index in [1.165, 1.54) is 6.07 Å². The molecule has 0 aromatic heterocycles. The number of fused-ring (bicyclic) bond motifs is 1. The highest BCUT2D eigenvalue weighted by Crippen LogP contribution is 2.42. The molecular formula is C11H12F2N2O2. The molecule has 0 unspecified atom stereocenters. The molecule has 1 N–H and O–H groups in total. The topological polar surface area (TPSA) is 33.7 Å². The van der Waals surface area contributed by atoms with Crippen LogP contribution in [0.3, 0.4) is 0 Å². The summed E-state index contributed by atoms with van der Waals surface area (Å²) in [5.41, 5.74) is 0.881. The van der Waals surface area contributed by atoms with E-state index >= 15 is 0 Å². The lowest BCUT2D eigenvalue weighted by Gasteiger charge is -2.29. The maximum absolute atomic E-state index is 12.8. The zero-order valence-electron chi connectivity index (χ0n) is 9.08. The Morgan fingerprint density at radius 2 is 1.82 bits per heavy atom. The third-order valence-electron chi connectivity index (χ3n) is 2.87. The first-order valence-corrected chi connectivity index (χ1v) is 5.50. The molecule has 2 aliphatic rings. The predicted molar refractivity (Wildman–Crippen MR) is 57.7 cm³/mol. The first kappa shape index (κ1) is 10.6. The van der Waals surface area contributed by atoms with Gasteiger partial charge in [-0.05, 0) is 12.1 Å². The summed E-state index contributed by atoms with van der Waals surface area (Å²) in [6.45, 7) is 3.50. The van der Waals surface area contributed by atoms with Gasteiger partial charge in [0.2, 0.25) is 0 Å². The molecule has 1 aromatic carbocycles. The molecule has 0 aliphatic carbocycles. The van der Waals surface area contributed by atoms with E-state index in [-0.39, 0.29) is 11.5 Å². The second-order valence-electron chi connectivity index (χ2n) is 4.04. The highest BCUT2D eigenvalue weighted by atomic mass is 19.3. The summed E-state index contributed by atoms with van der Waals surface area (Å²) >= 11 is 0. The summed E-state index contributed by atoms with van der Waals surface area (Å²) < 4.78 is 34.5. The van der Waals surface area contributed by atoms with Crippen molar-refractivity contribution in [3.05, 3.63) is 18.2 Å². The van der Waals surface area contributed by atoms with Crippen molar-refractivity contribution in [1.82, 2.24) is 5.32 Å². The van der Waals surface area contributed by atoms with Crippen molar-refractivity contribution in [2.45, 2.75) is 6.29 Å². The third kappa shape index (κ3) is 2.00. The van der Waals surface area contributed by atoms with Gasteiger partial charge in [0.05, 0.1) is 0 Å². The Morgan fingerprint density at radius 3 is 2.59 bits per heavy atom. The van der Waals surface area contributed by atoms with Crippen molar-refractivity contribution in [1.29, 1.82) is 0 Å². The van der Waals surface area contributed by atoms with Crippen molar-refractivity contribution in [3.63, 3.8) is 0 Å². The van der Waals surface area contributed by atoms with Gasteiger partial charge in [0, 0.05) is 37.9 Å². The standard InChI is InChI=1S/C11H12F2N2O2/c12-11(13)16-9-2-1-8(7-10(9)17-11)15-5-3-14-4-6-15/h1-2,7,14H,3-6H2. The van der Waals surface area contributed by atoms with Gasteiger partial charge in [-0.25, -0.2) is 0 Å². The lowest BCUT2D eigenvalue weighted by Crippen LogP contribution is -2.43. The molecule has 0 spiro atoms. The van der Waals surface area contributed by atoms with Crippen molar-refractivity contribution < 1.29 is 18.3 Å². The summed E-state index contributed by atoms with van der Waals surface area (Å²) in [5, 5.41) is 3.23. The minimum Gasteiger partial charge on any atom is -0.395 e. The second-order valence-corrected chi connectivity index (χ2v) is 4.04. The average Bonchev–Trinajstić information content (AvgIpc) is 2.63. The van der Waals surface area contributed by atoms with Gasteiger partial charge in [-0.15, -0.1) is 8.78 Å². The van der Waals surface area contributed by atoms with Gasteiger partial charge in [0.15, 0.2) is 11.5 Å². The number of piperazine rings is 1. The normalized spacial score (nSPS) is 21.6. The first-order chi connectivity index (χ1) is 8.14. The monoisotopic (exact) mass is 242 g/mol. The lowest BCUT2D eigenvalue weighted by atomic mass is 10.2. The van der Waals surface area contributed by atoms with E-state index in [2.05, 4.69) is 19.7 Å². The Balaban J connectivity index is 1.85. The summed E-state index contributed by atoms with van der Waals surface area (Å²) in [6, 6.07) is 4.89. The summed E-state index contributed by atoms with van der Waals surface area (Å²) in [5.74, 6) is 0.194. The van der Waals surface area contributed by atoms with Crippen LogP contribution >= 0.6 is 0 Å². The van der Waals surface area contributed by atoms with E-state index in [1.807, 2.05) is 0 Å². The van der Waals surface area contributed by atoms with Gasteiger partial charge in [-0.2, -0.15) is 0 Å². The van der Waals surface area contributed by atoms with E-state index in [1.54, 1.807) is 12.1 Å². The summed E-state index contributed by atoms with van der Waals surface area (Å²) in [4.78, 5) is 2.12. The summed E-state index contributed by atoms with van der Waals surface area (Å²) in [6.07, 6.45) is -3.54. The second kappa shape index (κ2) is 3.73. The Morgan fingerprint density at radius 1 is 1.12 bits per heavy atom. The highest BCUT2D eigenvalue weighted by molar-refractivity contribution is 5.57. The molecule has 4 nitrogen and oxygen atoms in total. The number of hydrogen-bond acceptors (Lipinski definition) is 4. The fourth-order valence-electron chi connectivity index (χ4n) is 2.06. The van der Waals surface area contributed by atoms with Gasteiger partial charge in [0.1, 0.15) is 0 Å². The van der Waals surface area contributed by atoms with Crippen LogP contribution in [0.1, 0.15) is 0 Å². The van der Waals surface area contributed by atoms with Crippen molar-refractivity contribution >= 4 is 5.69 Å². The van der Waals surface area contributed by atoms with E-state index in [0.717, 1.165) is 31.9 Å². The van der Waals surface area contributed by atoms with Crippen LogP contribution in [0, 0.1) is 0 Å². The number of ether oxygens (including phenoxy) is 2. The molecule has 6 heteroatoms. The fraction of sp³-hybridized carbons (Fsp3) is 0.455. The Bertz CT molecular complexity index is 433. The lowest BCUT2D eigenvalue weighted by molar-refractivity contribution is -0.286. The Hall–Kier alpha value is -1.56. The van der Waals surface area contributed by atoms with Crippen molar-refractivity contribution in [2.24, 2.45) is 0 Å². The number of nitrogens with one attached hydrogen (secondary N) is 1. The fourth-order valence-corrected chi connectivity index (χ4v) is 2.06. The van der Waals surface area contributed by atoms with Crippen LogP contribution in [0.5, 0.6) is 11.5 Å². The van der Waals surface area contributed by atoms with Crippen molar-refractivity contribution in [3.8, 4) is 11.5 Å².